The maximum Gasteiger partial charge on any atom is 0.255 e. The van der Waals surface area contributed by atoms with Gasteiger partial charge in [0.05, 0.1) is 6.20 Å². The number of rotatable bonds is 4. The number of benzene rings is 1. The molecule has 0 aliphatic heterocycles. The lowest BCUT2D eigenvalue weighted by Gasteiger charge is -2.09. The zero-order chi connectivity index (χ0) is 16.1. The number of pyridine rings is 1. The van der Waals surface area contributed by atoms with E-state index in [1.54, 1.807) is 42.9 Å². The molecule has 3 aromatic rings. The number of aromatic nitrogens is 3. The Morgan fingerprint density at radius 3 is 2.61 bits per heavy atom. The van der Waals surface area contributed by atoms with E-state index in [2.05, 4.69) is 41.5 Å². The normalized spacial score (nSPS) is 10.1. The van der Waals surface area contributed by atoms with Gasteiger partial charge in [0, 0.05) is 29.7 Å². The summed E-state index contributed by atoms with van der Waals surface area (Å²) in [6, 6.07) is 12.5. The van der Waals surface area contributed by atoms with Gasteiger partial charge < -0.3 is 10.6 Å². The van der Waals surface area contributed by atoms with Crippen LogP contribution >= 0.6 is 15.9 Å². The third-order valence-electron chi connectivity index (χ3n) is 2.91. The number of amides is 1. The highest BCUT2D eigenvalue weighted by Crippen LogP contribution is 2.21. The smallest absolute Gasteiger partial charge is 0.255 e. The Hall–Kier alpha value is -2.80. The van der Waals surface area contributed by atoms with Crippen molar-refractivity contribution in [3.05, 3.63) is 71.2 Å². The quantitative estimate of drug-likeness (QED) is 0.686. The number of carbonyl (C=O) groups is 1. The highest BCUT2D eigenvalue weighted by atomic mass is 79.9. The van der Waals surface area contributed by atoms with Crippen molar-refractivity contribution in [3.63, 3.8) is 0 Å². The molecule has 6 nitrogen and oxygen atoms in total. The van der Waals surface area contributed by atoms with Crippen LogP contribution in [0.1, 0.15) is 10.4 Å². The fourth-order valence-electron chi connectivity index (χ4n) is 1.92. The van der Waals surface area contributed by atoms with Crippen molar-refractivity contribution < 1.29 is 4.79 Å². The minimum Gasteiger partial charge on any atom is -0.324 e. The van der Waals surface area contributed by atoms with Crippen LogP contribution in [0.4, 0.5) is 17.3 Å². The van der Waals surface area contributed by atoms with Gasteiger partial charge in [0.1, 0.15) is 16.2 Å². The van der Waals surface area contributed by atoms with E-state index in [4.69, 9.17) is 0 Å². The summed E-state index contributed by atoms with van der Waals surface area (Å²) in [7, 11) is 0. The van der Waals surface area contributed by atoms with Gasteiger partial charge in [-0.15, -0.1) is 0 Å². The van der Waals surface area contributed by atoms with Crippen molar-refractivity contribution in [1.82, 2.24) is 15.0 Å². The standard InChI is InChI=1S/C16H12BrN5O/c17-13-8-12(20-16(23)11-4-2-1-3-5-11)9-14(21-13)22-15-10-18-6-7-19-15/h1-10H,(H2,19,20,21,22,23). The van der Waals surface area contributed by atoms with E-state index in [-0.39, 0.29) is 5.91 Å². The molecule has 0 saturated heterocycles. The summed E-state index contributed by atoms with van der Waals surface area (Å²) in [6.07, 6.45) is 4.76. The molecular weight excluding hydrogens is 358 g/mol. The molecule has 0 spiro atoms. The lowest BCUT2D eigenvalue weighted by Crippen LogP contribution is -2.12. The van der Waals surface area contributed by atoms with Gasteiger partial charge in [0.2, 0.25) is 0 Å². The molecular formula is C16H12BrN5O. The number of anilines is 3. The Morgan fingerprint density at radius 2 is 1.87 bits per heavy atom. The van der Waals surface area contributed by atoms with Crippen LogP contribution in [-0.4, -0.2) is 20.9 Å². The first-order chi connectivity index (χ1) is 11.2. The molecule has 1 aromatic carbocycles. The monoisotopic (exact) mass is 369 g/mol. The van der Waals surface area contributed by atoms with Crippen LogP contribution in [0.15, 0.2) is 65.7 Å². The van der Waals surface area contributed by atoms with Crippen LogP contribution in [0, 0.1) is 0 Å². The second-order valence-electron chi connectivity index (χ2n) is 4.60. The summed E-state index contributed by atoms with van der Waals surface area (Å²) >= 11 is 3.33. The summed E-state index contributed by atoms with van der Waals surface area (Å²) in [5.74, 6) is 0.927. The first kappa shape index (κ1) is 15.1. The van der Waals surface area contributed by atoms with E-state index >= 15 is 0 Å². The van der Waals surface area contributed by atoms with E-state index < -0.39 is 0 Å². The first-order valence-electron chi connectivity index (χ1n) is 6.78. The molecule has 0 saturated carbocycles. The van der Waals surface area contributed by atoms with Crippen LogP contribution < -0.4 is 10.6 Å². The van der Waals surface area contributed by atoms with Gasteiger partial charge in [-0.2, -0.15) is 0 Å². The van der Waals surface area contributed by atoms with Crippen LogP contribution in [0.5, 0.6) is 0 Å². The molecule has 0 radical (unpaired) electrons. The lowest BCUT2D eigenvalue weighted by molar-refractivity contribution is 0.102. The molecule has 7 heteroatoms. The molecule has 2 N–H and O–H groups in total. The van der Waals surface area contributed by atoms with Crippen LogP contribution in [0.3, 0.4) is 0 Å². The Balaban J connectivity index is 1.79. The highest BCUT2D eigenvalue weighted by molar-refractivity contribution is 9.10. The van der Waals surface area contributed by atoms with Crippen LogP contribution in [0.25, 0.3) is 0 Å². The van der Waals surface area contributed by atoms with Gasteiger partial charge in [-0.3, -0.25) is 9.78 Å². The number of carbonyl (C=O) groups excluding carboxylic acids is 1. The van der Waals surface area contributed by atoms with Crippen molar-refractivity contribution in [2.45, 2.75) is 0 Å². The maximum atomic E-state index is 12.2. The molecule has 2 aromatic heterocycles. The zero-order valence-electron chi connectivity index (χ0n) is 11.9. The topological polar surface area (TPSA) is 79.8 Å². The van der Waals surface area contributed by atoms with E-state index in [0.717, 1.165) is 0 Å². The van der Waals surface area contributed by atoms with Gasteiger partial charge in [0.25, 0.3) is 5.91 Å². The SMILES string of the molecule is O=C(Nc1cc(Br)nc(Nc2cnccn2)c1)c1ccccc1. The number of hydrogen-bond donors (Lipinski definition) is 2. The fraction of sp³-hybridized carbons (Fsp3) is 0. The molecule has 114 valence electrons. The van der Waals surface area contributed by atoms with Crippen LogP contribution in [-0.2, 0) is 0 Å². The largest absolute Gasteiger partial charge is 0.324 e. The molecule has 0 atom stereocenters. The number of nitrogens with zero attached hydrogens (tertiary/aromatic N) is 3. The average Bonchev–Trinajstić information content (AvgIpc) is 2.56. The molecule has 23 heavy (non-hydrogen) atoms. The van der Waals surface area contributed by atoms with E-state index in [1.165, 1.54) is 0 Å². The Kier molecular flexibility index (Phi) is 4.58. The molecule has 0 aliphatic rings. The molecule has 0 bridgehead atoms. The highest BCUT2D eigenvalue weighted by Gasteiger charge is 2.08. The fourth-order valence-corrected chi connectivity index (χ4v) is 2.36. The summed E-state index contributed by atoms with van der Waals surface area (Å²) in [4.78, 5) is 24.6. The third kappa shape index (κ3) is 4.10. The van der Waals surface area contributed by atoms with E-state index in [9.17, 15) is 4.79 Å². The van der Waals surface area contributed by atoms with Gasteiger partial charge in [-0.05, 0) is 34.1 Å². The minimum atomic E-state index is -0.186. The molecule has 2 heterocycles. The average molecular weight is 370 g/mol. The second kappa shape index (κ2) is 6.97. The predicted molar refractivity (Wildman–Crippen MR) is 91.6 cm³/mol. The summed E-state index contributed by atoms with van der Waals surface area (Å²) in [5.41, 5.74) is 1.20. The minimum absolute atomic E-state index is 0.186. The van der Waals surface area contributed by atoms with Gasteiger partial charge in [-0.25, -0.2) is 9.97 Å². The lowest BCUT2D eigenvalue weighted by atomic mass is 10.2. The first-order valence-corrected chi connectivity index (χ1v) is 7.57. The van der Waals surface area contributed by atoms with E-state index in [0.29, 0.717) is 27.5 Å². The Labute approximate surface area is 141 Å². The summed E-state index contributed by atoms with van der Waals surface area (Å²) < 4.78 is 0.592. The second-order valence-corrected chi connectivity index (χ2v) is 5.41. The molecule has 0 fully saturated rings. The molecule has 3 rings (SSSR count). The zero-order valence-corrected chi connectivity index (χ0v) is 13.5. The maximum absolute atomic E-state index is 12.2. The van der Waals surface area contributed by atoms with Crippen molar-refractivity contribution in [3.8, 4) is 0 Å². The van der Waals surface area contributed by atoms with Crippen molar-refractivity contribution in [1.29, 1.82) is 0 Å². The number of hydrogen-bond acceptors (Lipinski definition) is 5. The van der Waals surface area contributed by atoms with E-state index in [1.807, 2.05) is 18.2 Å². The molecule has 0 unspecified atom stereocenters. The number of halogens is 1. The van der Waals surface area contributed by atoms with Crippen molar-refractivity contribution >= 4 is 39.2 Å². The van der Waals surface area contributed by atoms with Gasteiger partial charge in [0.15, 0.2) is 0 Å². The Bertz CT molecular complexity index is 811. The summed E-state index contributed by atoms with van der Waals surface area (Å²) in [5, 5.41) is 5.87. The number of nitrogens with one attached hydrogen (secondary N) is 2. The van der Waals surface area contributed by atoms with Gasteiger partial charge in [-0.1, -0.05) is 18.2 Å². The third-order valence-corrected chi connectivity index (χ3v) is 3.31. The Morgan fingerprint density at radius 1 is 1.04 bits per heavy atom. The van der Waals surface area contributed by atoms with Crippen LogP contribution in [0.2, 0.25) is 0 Å². The molecule has 1 amide bonds. The molecule has 0 aliphatic carbocycles. The predicted octanol–water partition coefficient (Wildman–Crippen LogP) is 3.63. The van der Waals surface area contributed by atoms with Crippen molar-refractivity contribution in [2.75, 3.05) is 10.6 Å². The summed E-state index contributed by atoms with van der Waals surface area (Å²) in [6.45, 7) is 0. The van der Waals surface area contributed by atoms with Crippen molar-refractivity contribution in [2.24, 2.45) is 0 Å². The van der Waals surface area contributed by atoms with Gasteiger partial charge >= 0.3 is 0 Å².